The van der Waals surface area contributed by atoms with Gasteiger partial charge in [-0.3, -0.25) is 9.69 Å². The number of amides is 1. The fraction of sp³-hybridized carbons (Fsp3) is 0.619. The van der Waals surface area contributed by atoms with Crippen LogP contribution in [0.15, 0.2) is 18.3 Å². The molecule has 3 rings (SSSR count). The summed E-state index contributed by atoms with van der Waals surface area (Å²) in [4.78, 5) is 21.2. The van der Waals surface area contributed by atoms with Crippen molar-refractivity contribution in [2.45, 2.75) is 38.9 Å². The zero-order chi connectivity index (χ0) is 19.2. The molecule has 2 saturated heterocycles. The maximum Gasteiger partial charge on any atom is 0.253 e. The number of carbonyl (C=O) groups excluding carboxylic acids is 1. The molecule has 146 valence electrons. The molecule has 0 aromatic carbocycles. The number of anilines is 1. The Morgan fingerprint density at radius 3 is 2.59 bits per heavy atom. The second kappa shape index (κ2) is 9.20. The van der Waals surface area contributed by atoms with E-state index in [1.54, 1.807) is 6.20 Å². The number of pyridine rings is 1. The summed E-state index contributed by atoms with van der Waals surface area (Å²) in [6.07, 6.45) is 9.79. The Labute approximate surface area is 162 Å². The van der Waals surface area contributed by atoms with Crippen molar-refractivity contribution in [2.24, 2.45) is 5.92 Å². The van der Waals surface area contributed by atoms with E-state index in [1.807, 2.05) is 12.1 Å². The Bertz CT molecular complexity index is 652. The fourth-order valence-electron chi connectivity index (χ4n) is 4.08. The molecule has 0 bridgehead atoms. The molecule has 0 aliphatic carbocycles. The maximum absolute atomic E-state index is 11.9. The van der Waals surface area contributed by atoms with Gasteiger partial charge in [-0.2, -0.15) is 0 Å². The van der Waals surface area contributed by atoms with Crippen molar-refractivity contribution < 1.29 is 9.53 Å². The lowest BCUT2D eigenvalue weighted by Crippen LogP contribution is -2.48. The summed E-state index contributed by atoms with van der Waals surface area (Å²) in [6, 6.07) is 3.74. The number of nitrogens with zero attached hydrogens (tertiary/aromatic N) is 3. The first-order valence-electron chi connectivity index (χ1n) is 9.85. The number of hydrogen-bond acceptors (Lipinski definition) is 5. The van der Waals surface area contributed by atoms with Gasteiger partial charge in [0.2, 0.25) is 0 Å². The highest BCUT2D eigenvalue weighted by Gasteiger charge is 2.27. The number of carbonyl (C=O) groups is 1. The molecule has 1 aromatic rings. The van der Waals surface area contributed by atoms with E-state index in [2.05, 4.69) is 39.9 Å². The Morgan fingerprint density at radius 2 is 2.00 bits per heavy atom. The molecule has 6 nitrogen and oxygen atoms in total. The highest BCUT2D eigenvalue weighted by Crippen LogP contribution is 2.24. The van der Waals surface area contributed by atoms with Crippen LogP contribution >= 0.6 is 0 Å². The molecule has 3 heterocycles. The van der Waals surface area contributed by atoms with Crippen LogP contribution in [0.1, 0.15) is 37.0 Å². The van der Waals surface area contributed by atoms with E-state index >= 15 is 0 Å². The lowest BCUT2D eigenvalue weighted by Gasteiger charge is -2.39. The number of aromatic nitrogens is 1. The number of morpholine rings is 1. The number of piperidine rings is 1. The van der Waals surface area contributed by atoms with E-state index in [9.17, 15) is 4.79 Å². The van der Waals surface area contributed by atoms with Crippen LogP contribution in [0.5, 0.6) is 0 Å². The van der Waals surface area contributed by atoms with Gasteiger partial charge < -0.3 is 15.0 Å². The van der Waals surface area contributed by atoms with Crippen molar-refractivity contribution >= 4 is 11.7 Å². The number of rotatable bonds is 5. The lowest BCUT2D eigenvalue weighted by atomic mass is 9.95. The highest BCUT2D eigenvalue weighted by atomic mass is 16.5. The van der Waals surface area contributed by atoms with E-state index < -0.39 is 0 Å². The molecular weight excluding hydrogens is 340 g/mol. The molecule has 1 aromatic heterocycles. The molecule has 0 saturated carbocycles. The van der Waals surface area contributed by atoms with Crippen LogP contribution in [0.3, 0.4) is 0 Å². The summed E-state index contributed by atoms with van der Waals surface area (Å²) >= 11 is 0. The van der Waals surface area contributed by atoms with Gasteiger partial charge in [-0.25, -0.2) is 4.98 Å². The van der Waals surface area contributed by atoms with Crippen LogP contribution in [-0.2, 0) is 4.74 Å². The van der Waals surface area contributed by atoms with E-state index in [4.69, 9.17) is 11.2 Å². The molecule has 2 fully saturated rings. The molecule has 27 heavy (non-hydrogen) atoms. The van der Waals surface area contributed by atoms with Gasteiger partial charge in [0.05, 0.1) is 24.3 Å². The maximum atomic E-state index is 11.9. The quantitative estimate of drug-likeness (QED) is 0.801. The Balaban J connectivity index is 1.47. The molecule has 0 radical (unpaired) electrons. The second-order valence-corrected chi connectivity index (χ2v) is 7.70. The van der Waals surface area contributed by atoms with Crippen LogP contribution in [0.2, 0.25) is 0 Å². The first kappa shape index (κ1) is 19.7. The summed E-state index contributed by atoms with van der Waals surface area (Å²) in [6.45, 7) is 9.80. The molecule has 2 atom stereocenters. The molecule has 1 amide bonds. The van der Waals surface area contributed by atoms with Crippen LogP contribution < -0.4 is 10.2 Å². The summed E-state index contributed by atoms with van der Waals surface area (Å²) in [5.74, 6) is 3.89. The third kappa shape index (κ3) is 5.44. The molecule has 2 aliphatic heterocycles. The molecule has 0 spiro atoms. The van der Waals surface area contributed by atoms with Crippen molar-refractivity contribution in [1.82, 2.24) is 15.2 Å². The summed E-state index contributed by atoms with van der Waals surface area (Å²) in [5, 5.41) is 2.66. The van der Waals surface area contributed by atoms with Crippen LogP contribution in [-0.4, -0.2) is 67.3 Å². The Hall–Kier alpha value is -2.10. The monoisotopic (exact) mass is 370 g/mol. The SMILES string of the molecule is C#CCNC(=O)c1ccc(N2CCC(CN3CC(C)OC(C)C3)CC2)nc1. The largest absolute Gasteiger partial charge is 0.373 e. The average molecular weight is 370 g/mol. The molecule has 2 unspecified atom stereocenters. The number of nitrogens with one attached hydrogen (secondary N) is 1. The minimum Gasteiger partial charge on any atom is -0.373 e. The molecule has 6 heteroatoms. The van der Waals surface area contributed by atoms with Crippen molar-refractivity contribution in [2.75, 3.05) is 44.2 Å². The van der Waals surface area contributed by atoms with E-state index in [-0.39, 0.29) is 12.5 Å². The first-order chi connectivity index (χ1) is 13.0. The third-order valence-corrected chi connectivity index (χ3v) is 5.31. The Morgan fingerprint density at radius 1 is 1.30 bits per heavy atom. The van der Waals surface area contributed by atoms with Crippen molar-refractivity contribution in [3.8, 4) is 12.3 Å². The predicted octanol–water partition coefficient (Wildman–Crippen LogP) is 1.77. The van der Waals surface area contributed by atoms with Crippen molar-refractivity contribution in [1.29, 1.82) is 0 Å². The second-order valence-electron chi connectivity index (χ2n) is 7.70. The topological polar surface area (TPSA) is 57.7 Å². The van der Waals surface area contributed by atoms with Crippen LogP contribution in [0.4, 0.5) is 5.82 Å². The van der Waals surface area contributed by atoms with Crippen molar-refractivity contribution in [3.63, 3.8) is 0 Å². The van der Waals surface area contributed by atoms with Crippen LogP contribution in [0.25, 0.3) is 0 Å². The normalized spacial score (nSPS) is 24.4. The van der Waals surface area contributed by atoms with Crippen molar-refractivity contribution in [3.05, 3.63) is 23.9 Å². The van der Waals surface area contributed by atoms with Crippen LogP contribution in [0, 0.1) is 18.3 Å². The molecule has 1 N–H and O–H groups in total. The Kier molecular flexibility index (Phi) is 6.70. The standard InChI is InChI=1S/C21H30N4O2/c1-4-9-22-21(26)19-5-6-20(23-12-19)25-10-7-18(8-11-25)15-24-13-16(2)27-17(3)14-24/h1,5-6,12,16-18H,7-11,13-15H2,2-3H3,(H,22,26). The summed E-state index contributed by atoms with van der Waals surface area (Å²) < 4.78 is 5.83. The number of ether oxygens (including phenoxy) is 1. The van der Waals surface area contributed by atoms with Gasteiger partial charge in [0, 0.05) is 38.9 Å². The van der Waals surface area contributed by atoms with Gasteiger partial charge in [0.25, 0.3) is 5.91 Å². The average Bonchev–Trinajstić information content (AvgIpc) is 2.66. The van der Waals surface area contributed by atoms with E-state index in [0.717, 1.165) is 44.5 Å². The first-order valence-corrected chi connectivity index (χ1v) is 9.85. The highest BCUT2D eigenvalue weighted by molar-refractivity contribution is 5.94. The van der Waals surface area contributed by atoms with Gasteiger partial charge in [0.15, 0.2) is 0 Å². The third-order valence-electron chi connectivity index (χ3n) is 5.31. The zero-order valence-electron chi connectivity index (χ0n) is 16.4. The number of terminal acetylenes is 1. The van der Waals surface area contributed by atoms with E-state index in [1.165, 1.54) is 12.8 Å². The number of hydrogen-bond donors (Lipinski definition) is 1. The minimum atomic E-state index is -0.181. The molecular formula is C21H30N4O2. The van der Waals surface area contributed by atoms with E-state index in [0.29, 0.717) is 17.8 Å². The summed E-state index contributed by atoms with van der Waals surface area (Å²) in [7, 11) is 0. The minimum absolute atomic E-state index is 0.181. The zero-order valence-corrected chi connectivity index (χ0v) is 16.4. The predicted molar refractivity (Wildman–Crippen MR) is 107 cm³/mol. The van der Waals surface area contributed by atoms with Gasteiger partial charge in [0.1, 0.15) is 5.82 Å². The van der Waals surface area contributed by atoms with Gasteiger partial charge in [-0.15, -0.1) is 6.42 Å². The smallest absolute Gasteiger partial charge is 0.253 e. The summed E-state index contributed by atoms with van der Waals surface area (Å²) in [5.41, 5.74) is 0.541. The molecule has 2 aliphatic rings. The van der Waals surface area contributed by atoms with Gasteiger partial charge in [-0.05, 0) is 44.7 Å². The van der Waals surface area contributed by atoms with Gasteiger partial charge in [-0.1, -0.05) is 5.92 Å². The fourth-order valence-corrected chi connectivity index (χ4v) is 4.08. The lowest BCUT2D eigenvalue weighted by molar-refractivity contribution is -0.0720. The van der Waals surface area contributed by atoms with Gasteiger partial charge >= 0.3 is 0 Å².